The molecule has 4 rings (SSSR count). The summed E-state index contributed by atoms with van der Waals surface area (Å²) in [5.41, 5.74) is -4.07. The van der Waals surface area contributed by atoms with Crippen LogP contribution in [-0.4, -0.2) is 163 Å². The van der Waals surface area contributed by atoms with Crippen molar-refractivity contribution < 1.29 is 67.9 Å². The van der Waals surface area contributed by atoms with Gasteiger partial charge in [-0.15, -0.1) is 0 Å². The van der Waals surface area contributed by atoms with Crippen molar-refractivity contribution in [2.75, 3.05) is 41.5 Å². The summed E-state index contributed by atoms with van der Waals surface area (Å²) < 4.78 is 51.0. The van der Waals surface area contributed by atoms with Crippen molar-refractivity contribution in [3.63, 3.8) is 0 Å². The van der Waals surface area contributed by atoms with Gasteiger partial charge < -0.3 is 63.2 Å². The molecule has 0 radical (unpaired) electrons. The highest BCUT2D eigenvalue weighted by atomic mass is 16.7. The average molecular weight is 790 g/mol. The second kappa shape index (κ2) is 18.3. The van der Waals surface area contributed by atoms with Crippen LogP contribution in [-0.2, 0) is 47.5 Å². The van der Waals surface area contributed by atoms with Crippen LogP contribution >= 0.6 is 0 Å². The molecule has 4 N–H and O–H groups in total. The summed E-state index contributed by atoms with van der Waals surface area (Å²) in [6.45, 7) is 16.1. The van der Waals surface area contributed by atoms with E-state index >= 15 is 0 Å². The minimum absolute atomic E-state index is 0.0480. The average Bonchev–Trinajstić information content (AvgIpc) is 3.67. The van der Waals surface area contributed by atoms with Gasteiger partial charge >= 0.3 is 5.97 Å². The molecule has 15 heteroatoms. The van der Waals surface area contributed by atoms with Gasteiger partial charge in [-0.1, -0.05) is 27.7 Å². The molecule has 19 atom stereocenters. The minimum atomic E-state index is -1.81. The minimum Gasteiger partial charge on any atom is -0.458 e. The molecule has 0 bridgehead atoms. The number of ketones is 1. The Hall–Kier alpha value is -1.34. The molecular weight excluding hydrogens is 718 g/mol. The Morgan fingerprint density at radius 1 is 0.855 bits per heavy atom. The van der Waals surface area contributed by atoms with Crippen LogP contribution in [0.25, 0.3) is 0 Å². The van der Waals surface area contributed by atoms with E-state index in [1.807, 2.05) is 34.9 Å². The zero-order chi connectivity index (χ0) is 41.4. The van der Waals surface area contributed by atoms with Crippen LogP contribution in [0.4, 0.5) is 0 Å². The highest BCUT2D eigenvalue weighted by Gasteiger charge is 2.70. The molecule has 320 valence electrons. The third kappa shape index (κ3) is 9.44. The van der Waals surface area contributed by atoms with Crippen molar-refractivity contribution in [1.29, 1.82) is 0 Å². The number of aliphatic hydroxyl groups excluding tert-OH is 3. The van der Waals surface area contributed by atoms with Crippen molar-refractivity contribution in [2.24, 2.45) is 29.6 Å². The Kier molecular flexibility index (Phi) is 15.4. The number of nitrogens with zero attached hydrogens (tertiary/aromatic N) is 1. The van der Waals surface area contributed by atoms with Crippen LogP contribution in [0.15, 0.2) is 0 Å². The lowest BCUT2D eigenvalue weighted by Crippen LogP contribution is -2.61. The molecule has 0 amide bonds. The Morgan fingerprint density at radius 2 is 1.49 bits per heavy atom. The van der Waals surface area contributed by atoms with E-state index in [4.69, 9.17) is 37.9 Å². The molecule has 4 fully saturated rings. The number of hydrogen-bond acceptors (Lipinski definition) is 15. The quantitative estimate of drug-likeness (QED) is 0.176. The summed E-state index contributed by atoms with van der Waals surface area (Å²) >= 11 is 0. The van der Waals surface area contributed by atoms with Crippen LogP contribution in [0.5, 0.6) is 0 Å². The molecule has 15 nitrogen and oxygen atoms in total. The molecule has 3 heterocycles. The van der Waals surface area contributed by atoms with Gasteiger partial charge in [0.15, 0.2) is 12.6 Å². The van der Waals surface area contributed by atoms with Crippen molar-refractivity contribution in [3.05, 3.63) is 0 Å². The Morgan fingerprint density at radius 3 is 2.07 bits per heavy atom. The summed E-state index contributed by atoms with van der Waals surface area (Å²) in [4.78, 5) is 30.3. The lowest BCUT2D eigenvalue weighted by Gasteiger charge is -2.50. The number of hydrogen-bond donors (Lipinski definition) is 4. The van der Waals surface area contributed by atoms with E-state index in [-0.39, 0.29) is 44.0 Å². The highest BCUT2D eigenvalue weighted by Crippen LogP contribution is 2.51. The molecule has 0 aromatic heterocycles. The fourth-order valence-corrected chi connectivity index (χ4v) is 9.27. The number of rotatable bonds is 11. The van der Waals surface area contributed by atoms with Crippen LogP contribution < -0.4 is 0 Å². The van der Waals surface area contributed by atoms with Crippen molar-refractivity contribution in [2.45, 2.75) is 172 Å². The molecule has 4 aliphatic rings. The summed E-state index contributed by atoms with van der Waals surface area (Å²) in [6.07, 6.45) is -7.41. The number of likely N-dealkylation sites (N-methyl/N-ethyl adjacent to an activating group) is 1. The maximum Gasteiger partial charge on any atom is 0.311 e. The van der Waals surface area contributed by atoms with Crippen molar-refractivity contribution in [1.82, 2.24) is 4.90 Å². The Bertz CT molecular complexity index is 1290. The number of methoxy groups -OCH3 is 2. The number of esters is 1. The van der Waals surface area contributed by atoms with Gasteiger partial charge in [0.25, 0.3) is 0 Å². The van der Waals surface area contributed by atoms with Gasteiger partial charge in [0.05, 0.1) is 47.6 Å². The predicted molar refractivity (Wildman–Crippen MR) is 200 cm³/mol. The van der Waals surface area contributed by atoms with E-state index in [0.29, 0.717) is 12.8 Å². The maximum absolute atomic E-state index is 14.2. The smallest absolute Gasteiger partial charge is 0.311 e. The van der Waals surface area contributed by atoms with Crippen LogP contribution in [0.1, 0.15) is 88.0 Å². The number of ether oxygens (including phenoxy) is 8. The fraction of sp³-hybridized carbons (Fsp3) is 0.950. The van der Waals surface area contributed by atoms with E-state index in [1.54, 1.807) is 41.5 Å². The standard InChI is InChI=1S/C40H71NO14/c1-20-18-39(9,49-13)34(55-37-31(50-16-14-15-42)27(41(10)11)17-21(2)51-37)23(4)30(53-28-19-38(8,48-12)33(45)26(7)52-28)24(5)36(46)54-35-25(6)40(35,47)32(44)22(3)29(20)43/h20-28,30-35,37,42,44-45,47H,14-19H2,1-13H3/t20-,21-,22+,23+,24-,25?,26+,27+,28+,30+,31-,32-,33+,34-,35-,37+,38-,39+,40+/m1/s1. The molecule has 1 aliphatic carbocycles. The summed E-state index contributed by atoms with van der Waals surface area (Å²) in [5.74, 6) is -4.92. The van der Waals surface area contributed by atoms with Gasteiger partial charge in [0.2, 0.25) is 0 Å². The Balaban J connectivity index is 1.85. The predicted octanol–water partition coefficient (Wildman–Crippen LogP) is 2.07. The van der Waals surface area contributed by atoms with E-state index in [9.17, 15) is 30.0 Å². The molecule has 3 saturated heterocycles. The molecule has 0 spiro atoms. The third-order valence-electron chi connectivity index (χ3n) is 13.2. The Labute approximate surface area is 327 Å². The highest BCUT2D eigenvalue weighted by molar-refractivity contribution is 5.84. The second-order valence-corrected chi connectivity index (χ2v) is 17.5. The van der Waals surface area contributed by atoms with Gasteiger partial charge in [0.1, 0.15) is 29.7 Å². The van der Waals surface area contributed by atoms with E-state index < -0.39 is 108 Å². The molecule has 55 heavy (non-hydrogen) atoms. The maximum atomic E-state index is 14.2. The molecule has 1 saturated carbocycles. The second-order valence-electron chi connectivity index (χ2n) is 17.5. The number of fused-ring (bicyclic) bond motifs is 1. The summed E-state index contributed by atoms with van der Waals surface area (Å²) in [6, 6.07) is -0.117. The number of carbonyl (C=O) groups excluding carboxylic acids is 2. The monoisotopic (exact) mass is 789 g/mol. The van der Waals surface area contributed by atoms with Crippen molar-refractivity contribution in [3.8, 4) is 0 Å². The van der Waals surface area contributed by atoms with E-state index in [1.165, 1.54) is 14.2 Å². The molecule has 1 unspecified atom stereocenters. The van der Waals surface area contributed by atoms with Crippen molar-refractivity contribution >= 4 is 11.8 Å². The largest absolute Gasteiger partial charge is 0.458 e. The third-order valence-corrected chi connectivity index (χ3v) is 13.2. The van der Waals surface area contributed by atoms with Gasteiger partial charge in [-0.3, -0.25) is 9.59 Å². The molecule has 3 aliphatic heterocycles. The normalized spacial score (nSPS) is 48.9. The molecule has 0 aromatic rings. The first-order chi connectivity index (χ1) is 25.6. The SMILES string of the molecule is CO[C@]1(C)C[C@H](O[C@H]2[C@H](C)[C@@H](O[C@@H]3O[C@H](C)C[C@H](N(C)C)[C@H]3OCCCO)[C@@](C)(OC)C[C@@H](C)C(=O)[C@H](C)[C@@H](O)[C@@]3(O)C(C)[C@H]3OC(=O)[C@@H]2C)O[C@@H](C)[C@@H]1O. The fourth-order valence-electron chi connectivity index (χ4n) is 9.27. The van der Waals surface area contributed by atoms with Crippen LogP contribution in [0, 0.1) is 29.6 Å². The van der Waals surface area contributed by atoms with Crippen LogP contribution in [0.3, 0.4) is 0 Å². The number of Topliss-reactive ketones (excluding diaryl/α,β-unsaturated/α-hetero) is 1. The van der Waals surface area contributed by atoms with Gasteiger partial charge in [-0.05, 0) is 68.0 Å². The lowest BCUT2D eigenvalue weighted by atomic mass is 9.75. The van der Waals surface area contributed by atoms with Crippen LogP contribution in [0.2, 0.25) is 0 Å². The summed E-state index contributed by atoms with van der Waals surface area (Å²) in [7, 11) is 6.97. The molecule has 0 aromatic carbocycles. The lowest BCUT2D eigenvalue weighted by molar-refractivity contribution is -0.322. The molecular formula is C40H71NO14. The topological polar surface area (TPSA) is 192 Å². The zero-order valence-electron chi connectivity index (χ0n) is 35.3. The first-order valence-electron chi connectivity index (χ1n) is 20.0. The van der Waals surface area contributed by atoms with Gasteiger partial charge in [-0.2, -0.15) is 0 Å². The zero-order valence-corrected chi connectivity index (χ0v) is 35.3. The van der Waals surface area contributed by atoms with E-state index in [0.717, 1.165) is 0 Å². The first kappa shape index (κ1) is 46.4. The van der Waals surface area contributed by atoms with Gasteiger partial charge in [-0.25, -0.2) is 0 Å². The number of aliphatic hydroxyl groups is 4. The van der Waals surface area contributed by atoms with Gasteiger partial charge in [0, 0.05) is 63.6 Å². The summed E-state index contributed by atoms with van der Waals surface area (Å²) in [5, 5.41) is 43.6. The first-order valence-corrected chi connectivity index (χ1v) is 20.0. The number of carbonyl (C=O) groups is 2. The van der Waals surface area contributed by atoms with E-state index in [2.05, 4.69) is 4.90 Å².